The summed E-state index contributed by atoms with van der Waals surface area (Å²) in [6, 6.07) is 2.90. The first kappa shape index (κ1) is 24.2. The van der Waals surface area contributed by atoms with Crippen LogP contribution in [0.25, 0.3) is 17.2 Å². The molecule has 3 aromatic heterocycles. The molecule has 1 aliphatic heterocycles. The van der Waals surface area contributed by atoms with Crippen molar-refractivity contribution in [2.75, 3.05) is 18.8 Å². The molecule has 1 aliphatic rings. The number of aromatic nitrogens is 5. The number of nitrogens with zero attached hydrogens (tertiary/aromatic N) is 6. The number of anilines is 1. The van der Waals surface area contributed by atoms with Crippen LogP contribution in [0.2, 0.25) is 0 Å². The lowest BCUT2D eigenvalue weighted by molar-refractivity contribution is -0.0495. The first-order valence-corrected chi connectivity index (χ1v) is 11.0. The van der Waals surface area contributed by atoms with Gasteiger partial charge < -0.3 is 15.4 Å². The molecule has 0 spiro atoms. The molecule has 10 nitrogen and oxygen atoms in total. The van der Waals surface area contributed by atoms with E-state index in [2.05, 4.69) is 20.1 Å². The van der Waals surface area contributed by atoms with Gasteiger partial charge in [-0.2, -0.15) is 5.10 Å². The van der Waals surface area contributed by atoms with E-state index in [0.29, 0.717) is 11.5 Å². The van der Waals surface area contributed by atoms with Gasteiger partial charge in [-0.25, -0.2) is 23.2 Å². The number of ether oxygens (including phenoxy) is 1. The number of rotatable bonds is 4. The fourth-order valence-electron chi connectivity index (χ4n) is 3.57. The van der Waals surface area contributed by atoms with E-state index in [4.69, 9.17) is 10.5 Å². The molecular weight excluding hydrogens is 460 g/mol. The number of halogens is 2. The number of likely N-dealkylation sites (tertiary alicyclic amines) is 1. The summed E-state index contributed by atoms with van der Waals surface area (Å²) in [5.41, 5.74) is 6.45. The minimum Gasteiger partial charge on any atom is -0.456 e. The van der Waals surface area contributed by atoms with Gasteiger partial charge in [-0.05, 0) is 32.9 Å². The Hall–Kier alpha value is -3.96. The van der Waals surface area contributed by atoms with Crippen molar-refractivity contribution in [3.63, 3.8) is 0 Å². The van der Waals surface area contributed by atoms with Crippen LogP contribution in [0.3, 0.4) is 0 Å². The molecule has 184 valence electrons. The van der Waals surface area contributed by atoms with Crippen molar-refractivity contribution in [1.82, 2.24) is 29.6 Å². The zero-order valence-corrected chi connectivity index (χ0v) is 19.5. The highest BCUT2D eigenvalue weighted by Gasteiger charge is 2.36. The first-order chi connectivity index (χ1) is 16.4. The predicted molar refractivity (Wildman–Crippen MR) is 122 cm³/mol. The smallest absolute Gasteiger partial charge is 0.340 e. The lowest BCUT2D eigenvalue weighted by atomic mass is 10.1. The summed E-state index contributed by atoms with van der Waals surface area (Å²) in [4.78, 5) is 39.4. The van der Waals surface area contributed by atoms with Gasteiger partial charge in [0.15, 0.2) is 11.5 Å². The summed E-state index contributed by atoms with van der Waals surface area (Å²) < 4.78 is 33.8. The van der Waals surface area contributed by atoms with Gasteiger partial charge >= 0.3 is 5.97 Å². The second-order valence-electron chi connectivity index (χ2n) is 9.20. The van der Waals surface area contributed by atoms with Gasteiger partial charge in [0.2, 0.25) is 0 Å². The number of esters is 1. The van der Waals surface area contributed by atoms with Crippen molar-refractivity contribution in [3.05, 3.63) is 48.2 Å². The van der Waals surface area contributed by atoms with E-state index in [-0.39, 0.29) is 35.7 Å². The average Bonchev–Trinajstić information content (AvgIpc) is 3.23. The van der Waals surface area contributed by atoms with Crippen LogP contribution in [0.1, 0.15) is 54.5 Å². The molecule has 4 rings (SSSR count). The maximum Gasteiger partial charge on any atom is 0.340 e. The molecule has 0 bridgehead atoms. The Morgan fingerprint density at radius 2 is 1.80 bits per heavy atom. The number of hydrogen-bond acceptors (Lipinski definition) is 8. The minimum atomic E-state index is -2.78. The molecule has 0 aromatic carbocycles. The van der Waals surface area contributed by atoms with Gasteiger partial charge in [0, 0.05) is 44.5 Å². The predicted octanol–water partition coefficient (Wildman–Crippen LogP) is 3.13. The maximum absolute atomic E-state index is 13.6. The third-order valence-corrected chi connectivity index (χ3v) is 5.27. The highest BCUT2D eigenvalue weighted by Crippen LogP contribution is 2.30. The Morgan fingerprint density at radius 3 is 2.40 bits per heavy atom. The Balaban J connectivity index is 1.71. The Morgan fingerprint density at radius 1 is 1.09 bits per heavy atom. The number of piperidine rings is 1. The van der Waals surface area contributed by atoms with Crippen LogP contribution >= 0.6 is 0 Å². The molecule has 1 fully saturated rings. The number of carbonyl (C=O) groups excluding carboxylic acids is 2. The van der Waals surface area contributed by atoms with Crippen molar-refractivity contribution in [2.45, 2.75) is 45.1 Å². The summed E-state index contributed by atoms with van der Waals surface area (Å²) in [6.45, 7) is 5.08. The van der Waals surface area contributed by atoms with Crippen molar-refractivity contribution < 1.29 is 23.1 Å². The van der Waals surface area contributed by atoms with Crippen molar-refractivity contribution in [1.29, 1.82) is 0 Å². The van der Waals surface area contributed by atoms with Gasteiger partial charge in [-0.1, -0.05) is 0 Å². The zero-order chi connectivity index (χ0) is 25.4. The van der Waals surface area contributed by atoms with Crippen LogP contribution in [-0.2, 0) is 4.74 Å². The quantitative estimate of drug-likeness (QED) is 0.558. The van der Waals surface area contributed by atoms with Crippen LogP contribution in [0.15, 0.2) is 36.9 Å². The number of alkyl halides is 2. The standard InChI is InChI=1S/C23H25F2N7O3/c1-22(2,3)35-21(34)14-10-15(26)19(29-12-14)17-11-16(30-32(17)18-13-27-6-7-28-18)20(33)31-8-4-23(24,25)5-9-31/h6-7,10-13H,4-5,8-9,26H2,1-3H3. The lowest BCUT2D eigenvalue weighted by Gasteiger charge is -2.31. The molecule has 2 N–H and O–H groups in total. The summed E-state index contributed by atoms with van der Waals surface area (Å²) >= 11 is 0. The van der Waals surface area contributed by atoms with Crippen LogP contribution in [0.4, 0.5) is 14.5 Å². The number of carbonyl (C=O) groups is 2. The molecule has 0 saturated carbocycles. The third kappa shape index (κ3) is 5.42. The Labute approximate surface area is 200 Å². The Bertz CT molecular complexity index is 1250. The second kappa shape index (κ2) is 9.01. The minimum absolute atomic E-state index is 0.0216. The second-order valence-corrected chi connectivity index (χ2v) is 9.20. The molecule has 0 unspecified atom stereocenters. The van der Waals surface area contributed by atoms with Crippen LogP contribution < -0.4 is 5.73 Å². The van der Waals surface area contributed by atoms with Crippen LogP contribution in [0, 0.1) is 0 Å². The van der Waals surface area contributed by atoms with Crippen molar-refractivity contribution >= 4 is 17.6 Å². The first-order valence-electron chi connectivity index (χ1n) is 11.0. The zero-order valence-electron chi connectivity index (χ0n) is 19.5. The number of pyridine rings is 1. The van der Waals surface area contributed by atoms with Crippen molar-refractivity contribution in [3.8, 4) is 17.2 Å². The van der Waals surface area contributed by atoms with Crippen molar-refractivity contribution in [2.24, 2.45) is 0 Å². The van der Waals surface area contributed by atoms with E-state index >= 15 is 0 Å². The molecular formula is C23H25F2N7O3. The van der Waals surface area contributed by atoms with E-state index in [9.17, 15) is 18.4 Å². The molecule has 3 aromatic rings. The van der Waals surface area contributed by atoms with E-state index in [1.54, 1.807) is 20.8 Å². The molecule has 1 amide bonds. The van der Waals surface area contributed by atoms with Crippen LogP contribution in [0.5, 0.6) is 0 Å². The molecule has 35 heavy (non-hydrogen) atoms. The summed E-state index contributed by atoms with van der Waals surface area (Å²) in [5, 5.41) is 4.36. The molecule has 1 saturated heterocycles. The van der Waals surface area contributed by atoms with Gasteiger partial charge in [-0.3, -0.25) is 14.8 Å². The Kier molecular flexibility index (Phi) is 6.22. The largest absolute Gasteiger partial charge is 0.456 e. The third-order valence-electron chi connectivity index (χ3n) is 5.27. The SMILES string of the molecule is CC(C)(C)OC(=O)c1cnc(-c2cc(C(=O)N3CCC(F)(F)CC3)nn2-c2cnccn2)c(N)c1. The molecule has 12 heteroatoms. The molecule has 0 aliphatic carbocycles. The highest BCUT2D eigenvalue weighted by atomic mass is 19.3. The fraction of sp³-hybridized carbons (Fsp3) is 0.391. The van der Waals surface area contributed by atoms with Gasteiger partial charge in [0.1, 0.15) is 11.3 Å². The summed E-state index contributed by atoms with van der Waals surface area (Å²) in [5.74, 6) is -3.56. The number of hydrogen-bond donors (Lipinski definition) is 1. The number of nitrogens with two attached hydrogens (primary N) is 1. The molecule has 0 radical (unpaired) electrons. The average molecular weight is 485 g/mol. The summed E-state index contributed by atoms with van der Waals surface area (Å²) in [7, 11) is 0. The monoisotopic (exact) mass is 485 g/mol. The fourth-order valence-corrected chi connectivity index (χ4v) is 3.57. The number of nitrogen functional groups attached to an aromatic ring is 1. The molecule has 4 heterocycles. The normalized spacial score (nSPS) is 15.6. The highest BCUT2D eigenvalue weighted by molar-refractivity contribution is 5.95. The van der Waals surface area contributed by atoms with E-state index in [0.717, 1.165) is 0 Å². The topological polar surface area (TPSA) is 129 Å². The summed E-state index contributed by atoms with van der Waals surface area (Å²) in [6.07, 6.45) is 4.89. The maximum atomic E-state index is 13.6. The van der Waals surface area contributed by atoms with E-state index in [1.165, 1.54) is 46.5 Å². The molecule has 0 atom stereocenters. The van der Waals surface area contributed by atoms with E-state index < -0.39 is 36.2 Å². The van der Waals surface area contributed by atoms with E-state index in [1.807, 2.05) is 0 Å². The van der Waals surface area contributed by atoms with Gasteiger partial charge in [-0.15, -0.1) is 0 Å². The lowest BCUT2D eigenvalue weighted by Crippen LogP contribution is -2.42. The number of amides is 1. The van der Waals surface area contributed by atoms with Crippen LogP contribution in [-0.4, -0.2) is 66.1 Å². The van der Waals surface area contributed by atoms with Gasteiger partial charge in [0.05, 0.1) is 23.1 Å². The van der Waals surface area contributed by atoms with Gasteiger partial charge in [0.25, 0.3) is 11.8 Å².